The van der Waals surface area contributed by atoms with E-state index in [1.54, 1.807) is 0 Å². The molecule has 1 aliphatic heterocycles. The standard InChI is InChI=1S/C9H14O6/c1-12-3-2-8(10)13-4-5-14-9(11)7-6-15-7/h7H,2-6H2,1H3. The van der Waals surface area contributed by atoms with Crippen molar-refractivity contribution in [2.75, 3.05) is 33.5 Å². The Bertz CT molecular complexity index is 223. The molecule has 6 heteroatoms. The molecule has 15 heavy (non-hydrogen) atoms. The fourth-order valence-corrected chi connectivity index (χ4v) is 0.832. The van der Waals surface area contributed by atoms with Crippen LogP contribution in [0.15, 0.2) is 0 Å². The summed E-state index contributed by atoms with van der Waals surface area (Å²) in [5, 5.41) is 0. The molecule has 1 rings (SSSR count). The second-order valence-corrected chi connectivity index (χ2v) is 2.95. The summed E-state index contributed by atoms with van der Waals surface area (Å²) in [5.74, 6) is -0.765. The molecule has 0 amide bonds. The van der Waals surface area contributed by atoms with Crippen molar-refractivity contribution in [3.8, 4) is 0 Å². The molecule has 6 nitrogen and oxygen atoms in total. The van der Waals surface area contributed by atoms with Gasteiger partial charge < -0.3 is 18.9 Å². The van der Waals surface area contributed by atoms with Gasteiger partial charge in [0.05, 0.1) is 19.6 Å². The van der Waals surface area contributed by atoms with Gasteiger partial charge in [0.1, 0.15) is 13.2 Å². The molecule has 1 saturated heterocycles. The van der Waals surface area contributed by atoms with Crippen LogP contribution in [0.1, 0.15) is 6.42 Å². The van der Waals surface area contributed by atoms with Crippen LogP contribution in [0, 0.1) is 0 Å². The normalized spacial score (nSPS) is 18.3. The zero-order valence-electron chi connectivity index (χ0n) is 8.56. The molecule has 0 spiro atoms. The number of carbonyl (C=O) groups excluding carboxylic acids is 2. The van der Waals surface area contributed by atoms with Crippen LogP contribution in [0.2, 0.25) is 0 Å². The van der Waals surface area contributed by atoms with Gasteiger partial charge in [-0.2, -0.15) is 0 Å². The van der Waals surface area contributed by atoms with Crippen LogP contribution in [0.25, 0.3) is 0 Å². The zero-order valence-corrected chi connectivity index (χ0v) is 8.56. The maximum Gasteiger partial charge on any atom is 0.337 e. The highest BCUT2D eigenvalue weighted by atomic mass is 16.6. The summed E-state index contributed by atoms with van der Waals surface area (Å²) >= 11 is 0. The molecular formula is C9H14O6. The Morgan fingerprint density at radius 1 is 1.27 bits per heavy atom. The predicted octanol–water partition coefficient (Wildman–Crippen LogP) is -0.492. The first-order valence-corrected chi connectivity index (χ1v) is 4.67. The third-order valence-electron chi connectivity index (χ3n) is 1.70. The molecule has 1 fully saturated rings. The lowest BCUT2D eigenvalue weighted by Crippen LogP contribution is -2.17. The third kappa shape index (κ3) is 5.34. The topological polar surface area (TPSA) is 74.4 Å². The fraction of sp³-hybridized carbons (Fsp3) is 0.778. The van der Waals surface area contributed by atoms with E-state index < -0.39 is 12.1 Å². The van der Waals surface area contributed by atoms with Gasteiger partial charge in [0.25, 0.3) is 0 Å². The number of carbonyl (C=O) groups is 2. The van der Waals surface area contributed by atoms with Gasteiger partial charge in [-0.25, -0.2) is 4.79 Å². The van der Waals surface area contributed by atoms with E-state index in [1.807, 2.05) is 0 Å². The third-order valence-corrected chi connectivity index (χ3v) is 1.70. The van der Waals surface area contributed by atoms with Crippen molar-refractivity contribution in [2.45, 2.75) is 12.5 Å². The van der Waals surface area contributed by atoms with Crippen LogP contribution in [0.5, 0.6) is 0 Å². The Morgan fingerprint density at radius 3 is 2.53 bits per heavy atom. The highest BCUT2D eigenvalue weighted by Crippen LogP contribution is 2.09. The van der Waals surface area contributed by atoms with Crippen molar-refractivity contribution in [3.63, 3.8) is 0 Å². The van der Waals surface area contributed by atoms with E-state index >= 15 is 0 Å². The Labute approximate surface area is 87.4 Å². The minimum atomic E-state index is -0.408. The Morgan fingerprint density at radius 2 is 1.93 bits per heavy atom. The summed E-state index contributed by atoms with van der Waals surface area (Å²) in [6.45, 7) is 0.888. The van der Waals surface area contributed by atoms with Crippen molar-refractivity contribution in [1.82, 2.24) is 0 Å². The average Bonchev–Trinajstić information content (AvgIpc) is 3.04. The molecule has 0 radical (unpaired) electrons. The molecule has 0 bridgehead atoms. The van der Waals surface area contributed by atoms with Crippen LogP contribution in [-0.4, -0.2) is 51.6 Å². The summed E-state index contributed by atoms with van der Waals surface area (Å²) in [6, 6.07) is 0. The molecule has 0 aliphatic carbocycles. The van der Waals surface area contributed by atoms with Crippen molar-refractivity contribution < 1.29 is 28.5 Å². The molecule has 0 aromatic heterocycles. The lowest BCUT2D eigenvalue weighted by molar-refractivity contribution is -0.153. The zero-order chi connectivity index (χ0) is 11.1. The molecule has 1 atom stereocenters. The van der Waals surface area contributed by atoms with Gasteiger partial charge in [-0.1, -0.05) is 0 Å². The molecule has 0 saturated carbocycles. The molecular weight excluding hydrogens is 204 g/mol. The minimum absolute atomic E-state index is 0.0669. The van der Waals surface area contributed by atoms with Gasteiger partial charge >= 0.3 is 11.9 Å². The second-order valence-electron chi connectivity index (χ2n) is 2.95. The summed E-state index contributed by atoms with van der Waals surface area (Å²) < 4.78 is 18.9. The van der Waals surface area contributed by atoms with Crippen molar-refractivity contribution >= 4 is 11.9 Å². The second kappa shape index (κ2) is 6.36. The number of rotatable bonds is 7. The SMILES string of the molecule is COCCC(=O)OCCOC(=O)C1CO1. The van der Waals surface area contributed by atoms with Crippen LogP contribution >= 0.6 is 0 Å². The number of ether oxygens (including phenoxy) is 4. The van der Waals surface area contributed by atoms with E-state index in [0.717, 1.165) is 0 Å². The Kier molecular flexibility index (Phi) is 5.06. The molecule has 1 heterocycles. The molecule has 1 aliphatic rings. The quantitative estimate of drug-likeness (QED) is 0.326. The van der Waals surface area contributed by atoms with Crippen molar-refractivity contribution in [2.24, 2.45) is 0 Å². The van der Waals surface area contributed by atoms with Crippen LogP contribution in [0.3, 0.4) is 0 Å². The van der Waals surface area contributed by atoms with E-state index in [2.05, 4.69) is 0 Å². The summed E-state index contributed by atoms with van der Waals surface area (Å²) in [5.41, 5.74) is 0. The Balaban J connectivity index is 1.91. The number of hydrogen-bond acceptors (Lipinski definition) is 6. The van der Waals surface area contributed by atoms with Crippen LogP contribution in [-0.2, 0) is 28.5 Å². The van der Waals surface area contributed by atoms with Crippen LogP contribution in [0.4, 0.5) is 0 Å². The van der Waals surface area contributed by atoms with Crippen LogP contribution < -0.4 is 0 Å². The van der Waals surface area contributed by atoms with Gasteiger partial charge in [-0.3, -0.25) is 4.79 Å². The number of methoxy groups -OCH3 is 1. The smallest absolute Gasteiger partial charge is 0.337 e. The van der Waals surface area contributed by atoms with Gasteiger partial charge in [0.2, 0.25) is 0 Å². The number of hydrogen-bond donors (Lipinski definition) is 0. The maximum absolute atomic E-state index is 10.9. The first kappa shape index (κ1) is 11.9. The summed E-state index contributed by atoms with van der Waals surface area (Å²) in [6.07, 6.45) is -0.204. The lowest BCUT2D eigenvalue weighted by atomic mass is 10.5. The maximum atomic E-state index is 10.9. The van der Waals surface area contributed by atoms with E-state index in [4.69, 9.17) is 18.9 Å². The lowest BCUT2D eigenvalue weighted by Gasteiger charge is -2.04. The molecule has 86 valence electrons. The number of epoxide rings is 1. The van der Waals surface area contributed by atoms with E-state index in [1.165, 1.54) is 7.11 Å². The Hall–Kier alpha value is -1.14. The van der Waals surface area contributed by atoms with E-state index in [-0.39, 0.29) is 25.6 Å². The molecule has 1 unspecified atom stereocenters. The minimum Gasteiger partial charge on any atom is -0.462 e. The fourth-order valence-electron chi connectivity index (χ4n) is 0.832. The molecule has 0 N–H and O–H groups in total. The van der Waals surface area contributed by atoms with Gasteiger partial charge in [-0.15, -0.1) is 0 Å². The van der Waals surface area contributed by atoms with Crippen molar-refractivity contribution in [1.29, 1.82) is 0 Å². The first-order valence-electron chi connectivity index (χ1n) is 4.67. The van der Waals surface area contributed by atoms with Gasteiger partial charge in [-0.05, 0) is 0 Å². The monoisotopic (exact) mass is 218 g/mol. The predicted molar refractivity (Wildman–Crippen MR) is 48.2 cm³/mol. The first-order chi connectivity index (χ1) is 7.24. The van der Waals surface area contributed by atoms with Crippen molar-refractivity contribution in [3.05, 3.63) is 0 Å². The summed E-state index contributed by atoms with van der Waals surface area (Å²) in [7, 11) is 1.50. The van der Waals surface area contributed by atoms with E-state index in [9.17, 15) is 9.59 Å². The molecule has 0 aromatic carbocycles. The average molecular weight is 218 g/mol. The number of esters is 2. The largest absolute Gasteiger partial charge is 0.462 e. The highest BCUT2D eigenvalue weighted by molar-refractivity contribution is 5.77. The summed E-state index contributed by atoms with van der Waals surface area (Å²) in [4.78, 5) is 21.8. The van der Waals surface area contributed by atoms with Gasteiger partial charge in [0.15, 0.2) is 6.10 Å². The van der Waals surface area contributed by atoms with E-state index in [0.29, 0.717) is 13.2 Å². The highest BCUT2D eigenvalue weighted by Gasteiger charge is 2.32. The molecule has 0 aromatic rings. The van der Waals surface area contributed by atoms with Gasteiger partial charge in [0, 0.05) is 7.11 Å².